The van der Waals surface area contributed by atoms with Crippen molar-refractivity contribution in [1.82, 2.24) is 19.5 Å². The average molecular weight is 244 g/mol. The molecule has 0 aliphatic carbocycles. The Labute approximate surface area is 103 Å². The molecule has 0 aromatic carbocycles. The van der Waals surface area contributed by atoms with Gasteiger partial charge in [-0.1, -0.05) is 0 Å². The molecule has 3 heterocycles. The molecule has 0 fully saturated rings. The second-order valence-corrected chi connectivity index (χ2v) is 5.20. The first-order chi connectivity index (χ1) is 8.16. The van der Waals surface area contributed by atoms with Crippen molar-refractivity contribution in [2.45, 2.75) is 13.8 Å². The van der Waals surface area contributed by atoms with Crippen LogP contribution in [0.3, 0.4) is 0 Å². The maximum atomic E-state index is 4.54. The fourth-order valence-corrected chi connectivity index (χ4v) is 2.73. The highest BCUT2D eigenvalue weighted by molar-refractivity contribution is 7.15. The minimum absolute atomic E-state index is 0.774. The van der Waals surface area contributed by atoms with Crippen molar-refractivity contribution in [2.75, 3.05) is 0 Å². The number of imidazole rings is 1. The van der Waals surface area contributed by atoms with Gasteiger partial charge in [-0.05, 0) is 26.0 Å². The van der Waals surface area contributed by atoms with Crippen molar-refractivity contribution in [1.29, 1.82) is 0 Å². The molecule has 0 aliphatic heterocycles. The summed E-state index contributed by atoms with van der Waals surface area (Å²) < 4.78 is 2.04. The normalized spacial score (nSPS) is 11.2. The van der Waals surface area contributed by atoms with Crippen molar-refractivity contribution in [3.8, 4) is 10.8 Å². The highest BCUT2D eigenvalue weighted by Gasteiger charge is 2.14. The van der Waals surface area contributed by atoms with E-state index in [2.05, 4.69) is 21.9 Å². The third-order valence-electron chi connectivity index (χ3n) is 2.88. The van der Waals surface area contributed by atoms with Crippen LogP contribution in [0, 0.1) is 13.8 Å². The molecular weight excluding hydrogens is 232 g/mol. The zero-order valence-corrected chi connectivity index (χ0v) is 10.7. The summed E-state index contributed by atoms with van der Waals surface area (Å²) in [5, 5.41) is 0.959. The van der Waals surface area contributed by atoms with E-state index in [9.17, 15) is 0 Å². The topological polar surface area (TPSA) is 43.6 Å². The Kier molecular flexibility index (Phi) is 2.22. The van der Waals surface area contributed by atoms with Gasteiger partial charge in [0.25, 0.3) is 0 Å². The van der Waals surface area contributed by atoms with Crippen molar-refractivity contribution in [3.05, 3.63) is 28.9 Å². The van der Waals surface area contributed by atoms with E-state index in [4.69, 9.17) is 0 Å². The first-order valence-electron chi connectivity index (χ1n) is 5.38. The minimum Gasteiger partial charge on any atom is -0.324 e. The highest BCUT2D eigenvalue weighted by Crippen LogP contribution is 2.28. The third kappa shape index (κ3) is 1.54. The van der Waals surface area contributed by atoms with Crippen molar-refractivity contribution < 1.29 is 0 Å². The molecule has 0 bridgehead atoms. The average Bonchev–Trinajstić information content (AvgIpc) is 2.82. The summed E-state index contributed by atoms with van der Waals surface area (Å²) in [6.45, 7) is 4.10. The van der Waals surface area contributed by atoms with E-state index in [0.29, 0.717) is 0 Å². The number of thiazole rings is 1. The number of hydrogen-bond acceptors (Lipinski definition) is 4. The van der Waals surface area contributed by atoms with Crippen molar-refractivity contribution in [3.63, 3.8) is 0 Å². The lowest BCUT2D eigenvalue weighted by Gasteiger charge is -1.97. The molecule has 4 nitrogen and oxygen atoms in total. The van der Waals surface area contributed by atoms with E-state index in [1.54, 1.807) is 17.5 Å². The van der Waals surface area contributed by atoms with Crippen LogP contribution in [-0.4, -0.2) is 19.5 Å². The lowest BCUT2D eigenvalue weighted by molar-refractivity contribution is 0.954. The molecular formula is C12H12N4S. The molecule has 0 aliphatic rings. The van der Waals surface area contributed by atoms with Crippen LogP contribution >= 0.6 is 11.3 Å². The van der Waals surface area contributed by atoms with Crippen LogP contribution in [0.15, 0.2) is 18.3 Å². The molecule has 17 heavy (non-hydrogen) atoms. The second-order valence-electron chi connectivity index (χ2n) is 4.00. The molecule has 86 valence electrons. The zero-order valence-electron chi connectivity index (χ0n) is 9.93. The van der Waals surface area contributed by atoms with Gasteiger partial charge in [-0.3, -0.25) is 0 Å². The Hall–Kier alpha value is -1.75. The van der Waals surface area contributed by atoms with Gasteiger partial charge in [-0.2, -0.15) is 0 Å². The number of aryl methyl sites for hydroxylation is 3. The van der Waals surface area contributed by atoms with Crippen LogP contribution in [0.5, 0.6) is 0 Å². The maximum Gasteiger partial charge on any atom is 0.178 e. The van der Waals surface area contributed by atoms with Crippen LogP contribution < -0.4 is 0 Å². The number of aromatic nitrogens is 4. The summed E-state index contributed by atoms with van der Waals surface area (Å²) in [6.07, 6.45) is 1.76. The quantitative estimate of drug-likeness (QED) is 0.661. The summed E-state index contributed by atoms with van der Waals surface area (Å²) in [5.41, 5.74) is 2.88. The van der Waals surface area contributed by atoms with Crippen LogP contribution in [0.1, 0.15) is 10.6 Å². The van der Waals surface area contributed by atoms with E-state index >= 15 is 0 Å². The zero-order chi connectivity index (χ0) is 12.0. The monoisotopic (exact) mass is 244 g/mol. The first kappa shape index (κ1) is 10.4. The Morgan fingerprint density at radius 2 is 2.06 bits per heavy atom. The molecule has 0 spiro atoms. The number of fused-ring (bicyclic) bond motifs is 1. The van der Waals surface area contributed by atoms with Crippen molar-refractivity contribution >= 4 is 22.5 Å². The van der Waals surface area contributed by atoms with Gasteiger partial charge < -0.3 is 4.57 Å². The first-order valence-corrected chi connectivity index (χ1v) is 6.20. The summed E-state index contributed by atoms with van der Waals surface area (Å²) in [6, 6.07) is 3.94. The van der Waals surface area contributed by atoms with E-state index in [1.807, 2.05) is 30.7 Å². The molecule has 3 aromatic rings. The SMILES string of the molecule is Cc1nc(-c2nc3ncccc3n2C)sc1C. The summed E-state index contributed by atoms with van der Waals surface area (Å²) in [5.74, 6) is 0.889. The van der Waals surface area contributed by atoms with Crippen LogP contribution in [-0.2, 0) is 7.05 Å². The Morgan fingerprint density at radius 1 is 1.24 bits per heavy atom. The van der Waals surface area contributed by atoms with Gasteiger partial charge in [0.05, 0.1) is 11.2 Å². The molecule has 0 saturated heterocycles. The van der Waals surface area contributed by atoms with E-state index in [1.165, 1.54) is 4.88 Å². The molecule has 0 atom stereocenters. The third-order valence-corrected chi connectivity index (χ3v) is 3.95. The minimum atomic E-state index is 0.774. The van der Waals surface area contributed by atoms with Gasteiger partial charge in [0, 0.05) is 18.1 Å². The number of rotatable bonds is 1. The van der Waals surface area contributed by atoms with Crippen molar-refractivity contribution in [2.24, 2.45) is 7.05 Å². The summed E-state index contributed by atoms with van der Waals surface area (Å²) >= 11 is 1.67. The molecule has 3 rings (SSSR count). The fourth-order valence-electron chi connectivity index (χ4n) is 1.79. The van der Waals surface area contributed by atoms with Gasteiger partial charge in [0.2, 0.25) is 0 Å². The standard InChI is InChI=1S/C12H12N4S/c1-7-8(2)17-12(14-7)11-15-10-9(16(11)3)5-4-6-13-10/h4-6H,1-3H3. The predicted octanol–water partition coefficient (Wildman–Crippen LogP) is 2.71. The molecule has 0 radical (unpaired) electrons. The molecule has 0 N–H and O–H groups in total. The van der Waals surface area contributed by atoms with Gasteiger partial charge in [0.15, 0.2) is 16.5 Å². The van der Waals surface area contributed by atoms with Gasteiger partial charge in [0.1, 0.15) is 0 Å². The molecule has 0 amide bonds. The van der Waals surface area contributed by atoms with E-state index < -0.39 is 0 Å². The van der Waals surface area contributed by atoms with Crippen LogP contribution in [0.25, 0.3) is 22.0 Å². The predicted molar refractivity (Wildman–Crippen MR) is 69.1 cm³/mol. The number of nitrogens with zero attached hydrogens (tertiary/aromatic N) is 4. The fraction of sp³-hybridized carbons (Fsp3) is 0.250. The van der Waals surface area contributed by atoms with E-state index in [-0.39, 0.29) is 0 Å². The maximum absolute atomic E-state index is 4.54. The Bertz CT molecular complexity index is 676. The van der Waals surface area contributed by atoms with Crippen LogP contribution in [0.2, 0.25) is 0 Å². The second kappa shape index (κ2) is 3.63. The Morgan fingerprint density at radius 3 is 2.71 bits per heavy atom. The smallest absolute Gasteiger partial charge is 0.178 e. The number of hydrogen-bond donors (Lipinski definition) is 0. The Balaban J connectivity index is 2.27. The number of pyridine rings is 1. The van der Waals surface area contributed by atoms with Crippen LogP contribution in [0.4, 0.5) is 0 Å². The highest BCUT2D eigenvalue weighted by atomic mass is 32.1. The summed E-state index contributed by atoms with van der Waals surface area (Å²) in [7, 11) is 2.00. The lowest BCUT2D eigenvalue weighted by atomic mass is 10.4. The van der Waals surface area contributed by atoms with Gasteiger partial charge in [-0.25, -0.2) is 15.0 Å². The van der Waals surface area contributed by atoms with Gasteiger partial charge >= 0.3 is 0 Å². The van der Waals surface area contributed by atoms with E-state index in [0.717, 1.165) is 27.7 Å². The molecule has 3 aromatic heterocycles. The largest absolute Gasteiger partial charge is 0.324 e. The lowest BCUT2D eigenvalue weighted by Crippen LogP contribution is -1.91. The van der Waals surface area contributed by atoms with Gasteiger partial charge in [-0.15, -0.1) is 11.3 Å². The summed E-state index contributed by atoms with van der Waals surface area (Å²) in [4.78, 5) is 14.6. The molecule has 0 unspecified atom stereocenters. The molecule has 5 heteroatoms. The molecule has 0 saturated carbocycles.